The van der Waals surface area contributed by atoms with Crippen LogP contribution >= 0.6 is 24.0 Å². The molecule has 170 valence electrons. The molecule has 2 fully saturated rings. The first-order valence-electron chi connectivity index (χ1n) is 10.7. The number of likely N-dealkylation sites (tertiary alicyclic amines) is 1. The van der Waals surface area contributed by atoms with Crippen LogP contribution in [0.3, 0.4) is 0 Å². The summed E-state index contributed by atoms with van der Waals surface area (Å²) in [5.41, 5.74) is 3.77. The van der Waals surface area contributed by atoms with Gasteiger partial charge in [0.15, 0.2) is 10.9 Å². The molecule has 2 aliphatic rings. The molecule has 4 rings (SSSR count). The van der Waals surface area contributed by atoms with Gasteiger partial charge in [-0.3, -0.25) is 19.8 Å². The molecule has 2 aromatic rings. The first kappa shape index (κ1) is 23.0. The smallest absolute Gasteiger partial charge is 0.285 e. The normalized spacial score (nSPS) is 17.4. The van der Waals surface area contributed by atoms with Crippen LogP contribution in [0.1, 0.15) is 35.2 Å². The maximum Gasteiger partial charge on any atom is 0.285 e. The van der Waals surface area contributed by atoms with Crippen LogP contribution in [0.4, 0.5) is 0 Å². The van der Waals surface area contributed by atoms with Crippen molar-refractivity contribution in [2.75, 3.05) is 19.7 Å². The Labute approximate surface area is 201 Å². The highest BCUT2D eigenvalue weighted by atomic mass is 32.2. The van der Waals surface area contributed by atoms with Gasteiger partial charge in [0.25, 0.3) is 17.7 Å². The van der Waals surface area contributed by atoms with Crippen molar-refractivity contribution in [1.82, 2.24) is 15.3 Å². The maximum absolute atomic E-state index is 12.7. The minimum absolute atomic E-state index is 0.000000516. The predicted octanol–water partition coefficient (Wildman–Crippen LogP) is 3.62. The number of amides is 3. The van der Waals surface area contributed by atoms with Gasteiger partial charge in [0.2, 0.25) is 0 Å². The monoisotopic (exact) mass is 481 g/mol. The van der Waals surface area contributed by atoms with Gasteiger partial charge >= 0.3 is 0 Å². The van der Waals surface area contributed by atoms with E-state index in [2.05, 4.69) is 5.43 Å². The maximum atomic E-state index is 12.7. The van der Waals surface area contributed by atoms with Crippen LogP contribution in [0.15, 0.2) is 59.5 Å². The number of benzene rings is 2. The van der Waals surface area contributed by atoms with E-state index >= 15 is 0 Å². The summed E-state index contributed by atoms with van der Waals surface area (Å²) < 4.78 is 5.88. The fourth-order valence-corrected chi connectivity index (χ4v) is 4.69. The third-order valence-corrected chi connectivity index (χ3v) is 6.59. The van der Waals surface area contributed by atoms with Gasteiger partial charge in [-0.15, -0.1) is 0 Å². The van der Waals surface area contributed by atoms with Crippen molar-refractivity contribution in [3.8, 4) is 5.75 Å². The number of thiocarbonyl (C=S) groups is 1. The molecule has 2 heterocycles. The molecule has 0 atom stereocenters. The molecule has 0 bridgehead atoms. The van der Waals surface area contributed by atoms with Crippen molar-refractivity contribution in [3.63, 3.8) is 0 Å². The third kappa shape index (κ3) is 5.80. The van der Waals surface area contributed by atoms with Crippen molar-refractivity contribution in [1.29, 1.82) is 0 Å². The number of nitrogens with one attached hydrogen (secondary N) is 1. The van der Waals surface area contributed by atoms with Gasteiger partial charge in [-0.1, -0.05) is 42.1 Å². The molecule has 0 unspecified atom stereocenters. The first-order valence-corrected chi connectivity index (χ1v) is 11.9. The van der Waals surface area contributed by atoms with Crippen LogP contribution in [0.2, 0.25) is 0 Å². The summed E-state index contributed by atoms with van der Waals surface area (Å²) >= 11 is 6.39. The van der Waals surface area contributed by atoms with E-state index in [-0.39, 0.29) is 22.7 Å². The first-order chi connectivity index (χ1) is 16.0. The number of carbonyl (C=O) groups is 3. The zero-order valence-electron chi connectivity index (χ0n) is 17.9. The standard InChI is InChI=1S/C24H23N3O4S2/c28-21(26-13-5-2-6-14-26)16-31-19-11-9-17(10-12-19)15-20-23(30)27(24(32)33-20)25-22(29)18-7-3-1-4-8-18/h1,3-4,7-12,15H,2,5-6,13-14,16H2,(H,25,29)/b20-15+. The van der Waals surface area contributed by atoms with E-state index in [0.717, 1.165) is 48.3 Å². The van der Waals surface area contributed by atoms with Crippen LogP contribution in [0.5, 0.6) is 5.75 Å². The van der Waals surface area contributed by atoms with Crippen LogP contribution in [-0.2, 0) is 9.59 Å². The van der Waals surface area contributed by atoms with Crippen molar-refractivity contribution in [2.24, 2.45) is 0 Å². The van der Waals surface area contributed by atoms with E-state index in [1.54, 1.807) is 54.6 Å². The van der Waals surface area contributed by atoms with Crippen LogP contribution in [-0.4, -0.2) is 51.6 Å². The Morgan fingerprint density at radius 1 is 1.03 bits per heavy atom. The van der Waals surface area contributed by atoms with E-state index in [0.29, 0.717) is 16.2 Å². The average molecular weight is 482 g/mol. The Morgan fingerprint density at radius 2 is 1.73 bits per heavy atom. The zero-order chi connectivity index (χ0) is 23.2. The van der Waals surface area contributed by atoms with Gasteiger partial charge in [0.1, 0.15) is 5.75 Å². The largest absolute Gasteiger partial charge is 0.484 e. The molecule has 2 saturated heterocycles. The fraction of sp³-hybridized carbons (Fsp3) is 0.250. The van der Waals surface area contributed by atoms with Crippen molar-refractivity contribution >= 4 is 52.1 Å². The molecule has 9 heteroatoms. The minimum atomic E-state index is -0.409. The van der Waals surface area contributed by atoms with Crippen molar-refractivity contribution in [3.05, 3.63) is 70.6 Å². The van der Waals surface area contributed by atoms with Gasteiger partial charge in [0, 0.05) is 18.7 Å². The SMILES string of the molecule is O=C(NN1C(=O)/C(=C\c2ccc(OCC(=O)N3CCCCC3)cc2)SC1=S)c1ccccc1. The number of carbonyl (C=O) groups excluding carboxylic acids is 3. The summed E-state index contributed by atoms with van der Waals surface area (Å²) in [7, 11) is 0. The molecule has 33 heavy (non-hydrogen) atoms. The van der Waals surface area contributed by atoms with Crippen LogP contribution < -0.4 is 10.2 Å². The predicted molar refractivity (Wildman–Crippen MR) is 131 cm³/mol. The van der Waals surface area contributed by atoms with E-state index in [9.17, 15) is 14.4 Å². The summed E-state index contributed by atoms with van der Waals surface area (Å²) in [6, 6.07) is 15.7. The highest BCUT2D eigenvalue weighted by molar-refractivity contribution is 8.26. The van der Waals surface area contributed by atoms with E-state index in [4.69, 9.17) is 17.0 Å². The average Bonchev–Trinajstić information content (AvgIpc) is 3.11. The topological polar surface area (TPSA) is 79.0 Å². The Hall–Kier alpha value is -3.17. The Balaban J connectivity index is 1.34. The molecule has 0 radical (unpaired) electrons. The summed E-state index contributed by atoms with van der Waals surface area (Å²) in [5, 5.41) is 1.09. The van der Waals surface area contributed by atoms with Gasteiger partial charge in [-0.2, -0.15) is 5.01 Å². The number of thioether (sulfide) groups is 1. The Bertz CT molecular complexity index is 1080. The van der Waals surface area contributed by atoms with E-state index in [1.807, 2.05) is 11.0 Å². The number of piperidine rings is 1. The molecular weight excluding hydrogens is 458 g/mol. The number of hydrazine groups is 1. The van der Waals surface area contributed by atoms with Crippen molar-refractivity contribution < 1.29 is 19.1 Å². The number of hydrogen-bond acceptors (Lipinski definition) is 6. The lowest BCUT2D eigenvalue weighted by atomic mass is 10.1. The molecule has 0 saturated carbocycles. The number of ether oxygens (including phenoxy) is 1. The molecule has 0 aliphatic carbocycles. The lowest BCUT2D eigenvalue weighted by molar-refractivity contribution is -0.134. The number of hydrogen-bond donors (Lipinski definition) is 1. The van der Waals surface area contributed by atoms with E-state index < -0.39 is 5.91 Å². The van der Waals surface area contributed by atoms with Gasteiger partial charge < -0.3 is 9.64 Å². The number of nitrogens with zero attached hydrogens (tertiary/aromatic N) is 2. The fourth-order valence-electron chi connectivity index (χ4n) is 3.51. The lowest BCUT2D eigenvalue weighted by Gasteiger charge is -2.26. The molecule has 0 aromatic heterocycles. The second-order valence-corrected chi connectivity index (χ2v) is 9.30. The highest BCUT2D eigenvalue weighted by Gasteiger charge is 2.33. The molecule has 1 N–H and O–H groups in total. The lowest BCUT2D eigenvalue weighted by Crippen LogP contribution is -2.44. The van der Waals surface area contributed by atoms with Crippen LogP contribution in [0.25, 0.3) is 6.08 Å². The zero-order valence-corrected chi connectivity index (χ0v) is 19.5. The second-order valence-electron chi connectivity index (χ2n) is 7.62. The Kier molecular flexibility index (Phi) is 7.41. The second kappa shape index (κ2) is 10.6. The molecule has 2 aliphatic heterocycles. The van der Waals surface area contributed by atoms with E-state index in [1.165, 1.54) is 6.42 Å². The molecule has 3 amide bonds. The van der Waals surface area contributed by atoms with Crippen molar-refractivity contribution in [2.45, 2.75) is 19.3 Å². The Morgan fingerprint density at radius 3 is 2.42 bits per heavy atom. The number of rotatable bonds is 6. The van der Waals surface area contributed by atoms with Gasteiger partial charge in [0.05, 0.1) is 4.91 Å². The highest BCUT2D eigenvalue weighted by Crippen LogP contribution is 2.31. The quantitative estimate of drug-likeness (QED) is 0.502. The summed E-state index contributed by atoms with van der Waals surface area (Å²) in [5.74, 6) is -0.212. The third-order valence-electron chi connectivity index (χ3n) is 5.29. The van der Waals surface area contributed by atoms with Gasteiger partial charge in [-0.05, 0) is 67.4 Å². The summed E-state index contributed by atoms with van der Waals surface area (Å²) in [4.78, 5) is 39.6. The van der Waals surface area contributed by atoms with Gasteiger partial charge in [-0.25, -0.2) is 0 Å². The molecule has 0 spiro atoms. The summed E-state index contributed by atoms with van der Waals surface area (Å²) in [6.45, 7) is 1.61. The summed E-state index contributed by atoms with van der Waals surface area (Å²) in [6.07, 6.45) is 4.96. The van der Waals surface area contributed by atoms with Crippen LogP contribution in [0, 0.1) is 0 Å². The molecule has 7 nitrogen and oxygen atoms in total. The molecule has 2 aromatic carbocycles. The minimum Gasteiger partial charge on any atom is -0.484 e. The molecular formula is C24H23N3O4S2.